The molecule has 2 aromatic heterocycles. The Labute approximate surface area is 227 Å². The summed E-state index contributed by atoms with van der Waals surface area (Å²) in [4.78, 5) is 23.1. The summed E-state index contributed by atoms with van der Waals surface area (Å²) in [5, 5.41) is 4.08. The second-order valence-corrected chi connectivity index (χ2v) is 9.21. The van der Waals surface area contributed by atoms with Gasteiger partial charge < -0.3 is 34.2 Å². The predicted molar refractivity (Wildman–Crippen MR) is 134 cm³/mol. The van der Waals surface area contributed by atoms with Crippen LogP contribution in [0.15, 0.2) is 60.8 Å². The molecule has 0 saturated carbocycles. The van der Waals surface area contributed by atoms with Gasteiger partial charge >= 0.3 is 0 Å². The number of nitrogens with zero attached hydrogens (tertiary/aromatic N) is 2. The summed E-state index contributed by atoms with van der Waals surface area (Å²) in [7, 11) is 0. The van der Waals surface area contributed by atoms with E-state index in [-0.39, 0.29) is 29.9 Å². The van der Waals surface area contributed by atoms with Gasteiger partial charge in [0.15, 0.2) is 0 Å². The van der Waals surface area contributed by atoms with Gasteiger partial charge in [-0.05, 0) is 55.0 Å². The van der Waals surface area contributed by atoms with Gasteiger partial charge in [-0.25, -0.2) is 4.98 Å². The van der Waals surface area contributed by atoms with Crippen molar-refractivity contribution in [1.29, 1.82) is 0 Å². The average Bonchev–Trinajstić information content (AvgIpc) is 2.82. The molecule has 0 radical (unpaired) electrons. The molecule has 0 spiro atoms. The van der Waals surface area contributed by atoms with Crippen LogP contribution in [-0.4, -0.2) is 35.5 Å². The van der Waals surface area contributed by atoms with E-state index in [0.717, 1.165) is 60.1 Å². The third-order valence-electron chi connectivity index (χ3n) is 5.97. The molecule has 1 aromatic carbocycles. The first-order valence-electron chi connectivity index (χ1n) is 11.1. The number of carbonyl (C=O) groups is 1. The van der Waals surface area contributed by atoms with Crippen molar-refractivity contribution in [1.82, 2.24) is 9.97 Å². The quantitative estimate of drug-likeness (QED) is 0.332. The van der Waals surface area contributed by atoms with Crippen molar-refractivity contribution in [3.63, 3.8) is 0 Å². The molecule has 1 aliphatic rings. The van der Waals surface area contributed by atoms with Gasteiger partial charge in [-0.15, -0.1) is 0 Å². The molecule has 8 heteroatoms. The fraction of sp³-hybridized carbons (Fsp3) is 0.269. The number of amides is 1. The monoisotopic (exact) mass is 608 g/mol. The molecule has 0 aliphatic carbocycles. The smallest absolute Gasteiger partial charge is 0.255 e. The van der Waals surface area contributed by atoms with Gasteiger partial charge in [0.1, 0.15) is 5.15 Å². The molecule has 2 N–H and O–H groups in total. The summed E-state index contributed by atoms with van der Waals surface area (Å²) in [6.07, 6.45) is 7.98. The van der Waals surface area contributed by atoms with Crippen LogP contribution in [-0.2, 0) is 0 Å². The Morgan fingerprint density at radius 2 is 1.85 bits per heavy atom. The third kappa shape index (κ3) is 7.25. The van der Waals surface area contributed by atoms with Crippen molar-refractivity contribution >= 4 is 40.9 Å². The van der Waals surface area contributed by atoms with Gasteiger partial charge in [0, 0.05) is 41.2 Å². The number of hydrogen-bond acceptors (Lipinski definition) is 3. The number of carbonyl (C=O) groups excluding carboxylic acids is 1. The van der Waals surface area contributed by atoms with Crippen LogP contribution in [0, 0.1) is 6.92 Å². The minimum absolute atomic E-state index is 0. The SMILES string of the molecule is Cc1ccc(NC(=O)c2ccnc(Cl)c2)c(C2CC[NH+](C/C=C/c3ccc(Cl)cc3)CC2)n1.[I-]. The summed E-state index contributed by atoms with van der Waals surface area (Å²) < 4.78 is 0. The number of anilines is 1. The van der Waals surface area contributed by atoms with Crippen LogP contribution in [0.1, 0.15) is 46.1 Å². The highest BCUT2D eigenvalue weighted by Crippen LogP contribution is 2.29. The van der Waals surface area contributed by atoms with E-state index in [9.17, 15) is 4.79 Å². The number of quaternary nitrogens is 1. The number of nitrogens with one attached hydrogen (secondary N) is 2. The van der Waals surface area contributed by atoms with Crippen molar-refractivity contribution in [3.05, 3.63) is 93.5 Å². The topological polar surface area (TPSA) is 59.3 Å². The van der Waals surface area contributed by atoms with Crippen molar-refractivity contribution in [3.8, 4) is 0 Å². The maximum atomic E-state index is 12.7. The van der Waals surface area contributed by atoms with Crippen LogP contribution in [0.25, 0.3) is 6.08 Å². The molecule has 4 rings (SSSR count). The van der Waals surface area contributed by atoms with Crippen LogP contribution in [0.4, 0.5) is 5.69 Å². The summed E-state index contributed by atoms with van der Waals surface area (Å²) >= 11 is 11.9. The molecule has 34 heavy (non-hydrogen) atoms. The van der Waals surface area contributed by atoms with Crippen molar-refractivity contribution in [2.24, 2.45) is 0 Å². The first kappa shape index (κ1) is 26.6. The molecule has 0 atom stereocenters. The van der Waals surface area contributed by atoms with E-state index >= 15 is 0 Å². The Bertz CT molecular complexity index is 1150. The maximum absolute atomic E-state index is 12.7. The van der Waals surface area contributed by atoms with Gasteiger partial charge in [0.05, 0.1) is 31.0 Å². The number of pyridine rings is 2. The number of hydrogen-bond donors (Lipinski definition) is 2. The first-order valence-corrected chi connectivity index (χ1v) is 11.9. The average molecular weight is 609 g/mol. The van der Waals surface area contributed by atoms with Gasteiger partial charge in [-0.1, -0.05) is 41.4 Å². The number of aryl methyl sites for hydroxylation is 1. The molecule has 1 aliphatic heterocycles. The molecule has 3 heterocycles. The van der Waals surface area contributed by atoms with Crippen LogP contribution in [0.3, 0.4) is 0 Å². The second kappa shape index (κ2) is 12.6. The van der Waals surface area contributed by atoms with Crippen LogP contribution in [0.2, 0.25) is 10.2 Å². The number of piperidine rings is 1. The van der Waals surface area contributed by atoms with Gasteiger partial charge in [-0.2, -0.15) is 0 Å². The van der Waals surface area contributed by atoms with Crippen molar-refractivity contribution in [2.75, 3.05) is 25.0 Å². The van der Waals surface area contributed by atoms with E-state index < -0.39 is 0 Å². The van der Waals surface area contributed by atoms with Crippen LogP contribution in [0.5, 0.6) is 0 Å². The zero-order valence-electron chi connectivity index (χ0n) is 18.9. The highest BCUT2D eigenvalue weighted by atomic mass is 127. The fourth-order valence-electron chi connectivity index (χ4n) is 4.17. The fourth-order valence-corrected chi connectivity index (χ4v) is 4.47. The van der Waals surface area contributed by atoms with E-state index in [2.05, 4.69) is 22.5 Å². The predicted octanol–water partition coefficient (Wildman–Crippen LogP) is 1.82. The van der Waals surface area contributed by atoms with Crippen LogP contribution < -0.4 is 34.2 Å². The lowest BCUT2D eigenvalue weighted by Crippen LogP contribution is -3.12. The minimum atomic E-state index is -0.207. The van der Waals surface area contributed by atoms with Crippen LogP contribution >= 0.6 is 23.2 Å². The number of halogens is 3. The Morgan fingerprint density at radius 3 is 2.56 bits per heavy atom. The number of likely N-dealkylation sites (tertiary alicyclic amines) is 1. The van der Waals surface area contributed by atoms with Gasteiger partial charge in [0.2, 0.25) is 0 Å². The highest BCUT2D eigenvalue weighted by Gasteiger charge is 2.26. The normalized spacial score (nSPS) is 17.9. The number of rotatable bonds is 6. The third-order valence-corrected chi connectivity index (χ3v) is 6.43. The van der Waals surface area contributed by atoms with E-state index in [0.29, 0.717) is 16.6 Å². The molecule has 5 nitrogen and oxygen atoms in total. The standard InChI is InChI=1S/C26H26Cl2N4O.HI/c1-18-4-9-23(31-26(33)21-10-13-29-24(28)17-21)25(30-18)20-11-15-32(16-12-20)14-2-3-19-5-7-22(27)8-6-19;/h2-10,13,17,20H,11-12,14-16H2,1H3,(H,31,33);1H/b3-2+;. The van der Waals surface area contributed by atoms with E-state index in [1.807, 2.05) is 43.3 Å². The maximum Gasteiger partial charge on any atom is 0.255 e. The number of aromatic nitrogens is 2. The molecular weight excluding hydrogens is 582 g/mol. The van der Waals surface area contributed by atoms with E-state index in [1.165, 1.54) is 6.20 Å². The largest absolute Gasteiger partial charge is 1.00 e. The Balaban J connectivity index is 0.00000324. The summed E-state index contributed by atoms with van der Waals surface area (Å²) in [5.74, 6) is 0.117. The van der Waals surface area contributed by atoms with Gasteiger partial charge in [0.25, 0.3) is 5.91 Å². The number of benzene rings is 1. The minimum Gasteiger partial charge on any atom is -1.00 e. The van der Waals surface area contributed by atoms with E-state index in [1.54, 1.807) is 17.0 Å². The molecule has 1 fully saturated rings. The molecular formula is C26H27Cl2IN4O. The molecule has 178 valence electrons. The second-order valence-electron chi connectivity index (χ2n) is 8.39. The Morgan fingerprint density at radius 1 is 1.12 bits per heavy atom. The summed E-state index contributed by atoms with van der Waals surface area (Å²) in [5.41, 5.74) is 4.34. The summed E-state index contributed by atoms with van der Waals surface area (Å²) in [6, 6.07) is 15.0. The van der Waals surface area contributed by atoms with E-state index in [4.69, 9.17) is 28.2 Å². The molecule has 0 unspecified atom stereocenters. The zero-order chi connectivity index (χ0) is 23.2. The lowest BCUT2D eigenvalue weighted by atomic mass is 9.91. The lowest BCUT2D eigenvalue weighted by Gasteiger charge is -2.29. The highest BCUT2D eigenvalue weighted by molar-refractivity contribution is 6.30. The van der Waals surface area contributed by atoms with Crippen molar-refractivity contribution < 1.29 is 33.7 Å². The summed E-state index contributed by atoms with van der Waals surface area (Å²) in [6.45, 7) is 5.11. The van der Waals surface area contributed by atoms with Crippen molar-refractivity contribution in [2.45, 2.75) is 25.7 Å². The first-order chi connectivity index (χ1) is 16.0. The Kier molecular flexibility index (Phi) is 9.88. The molecule has 1 saturated heterocycles. The molecule has 1 amide bonds. The Hall–Kier alpha value is -2.00. The molecule has 3 aromatic rings. The van der Waals surface area contributed by atoms with Gasteiger partial charge in [-0.3, -0.25) is 9.78 Å². The zero-order valence-corrected chi connectivity index (χ0v) is 22.6. The lowest BCUT2D eigenvalue weighted by molar-refractivity contribution is -0.899. The molecule has 0 bridgehead atoms.